The van der Waals surface area contributed by atoms with Gasteiger partial charge in [-0.2, -0.15) is 0 Å². The van der Waals surface area contributed by atoms with E-state index >= 15 is 0 Å². The highest BCUT2D eigenvalue weighted by Gasteiger charge is 2.33. The van der Waals surface area contributed by atoms with Crippen LogP contribution in [-0.4, -0.2) is 99.3 Å². The first-order chi connectivity index (χ1) is 28.5. The first-order valence-electron chi connectivity index (χ1n) is 22.4. The molecule has 0 aromatic heterocycles. The molecule has 0 heterocycles. The third-order valence-electron chi connectivity index (χ3n) is 9.49. The molecule has 14 heteroatoms. The Bertz CT molecular complexity index is 1170. The minimum absolute atomic E-state index is 0.0549. The smallest absolute Gasteiger partial charge is 0.462 e. The van der Waals surface area contributed by atoms with Crippen LogP contribution in [0.4, 0.5) is 0 Å². The van der Waals surface area contributed by atoms with E-state index in [1.807, 2.05) is 12.2 Å². The van der Waals surface area contributed by atoms with Gasteiger partial charge in [-0.15, -0.1) is 0 Å². The summed E-state index contributed by atoms with van der Waals surface area (Å²) in [5, 5.41) is 48.1. The maximum absolute atomic E-state index is 12.7. The quantitative estimate of drug-likeness (QED) is 0.0147. The Balaban J connectivity index is 4.76. The zero-order valence-corrected chi connectivity index (χ0v) is 37.2. The molecule has 0 aromatic rings. The fourth-order valence-corrected chi connectivity index (χ4v) is 6.53. The number of hydrogen-bond donors (Lipinski definition) is 6. The van der Waals surface area contributed by atoms with Crippen LogP contribution >= 0.6 is 7.82 Å². The number of aliphatic hydroxyl groups excluding tert-OH is 5. The number of phosphoric acid groups is 1. The number of unbranched alkanes of at least 4 members (excludes halogenated alkanes) is 16. The predicted octanol–water partition coefficient (Wildman–Crippen LogP) is 8.64. The summed E-state index contributed by atoms with van der Waals surface area (Å²) in [6.07, 6.45) is 32.1. The van der Waals surface area contributed by atoms with Crippen molar-refractivity contribution >= 4 is 19.8 Å². The molecule has 6 atom stereocenters. The summed E-state index contributed by atoms with van der Waals surface area (Å²) in [5.74, 6) is -1.15. The molecule has 1 unspecified atom stereocenters. The van der Waals surface area contributed by atoms with Gasteiger partial charge < -0.3 is 39.9 Å². The van der Waals surface area contributed by atoms with Crippen LogP contribution in [0.2, 0.25) is 0 Å². The summed E-state index contributed by atoms with van der Waals surface area (Å²) in [4.78, 5) is 35.3. The molecule has 0 aromatic carbocycles. The molecule has 0 saturated heterocycles. The van der Waals surface area contributed by atoms with Crippen molar-refractivity contribution in [2.24, 2.45) is 0 Å². The fraction of sp³-hybridized carbons (Fsp3) is 0.778. The van der Waals surface area contributed by atoms with E-state index in [1.165, 1.54) is 51.4 Å². The zero-order chi connectivity index (χ0) is 43.8. The number of allylic oxidation sites excluding steroid dienone is 8. The van der Waals surface area contributed by atoms with E-state index in [4.69, 9.17) is 23.6 Å². The second-order valence-corrected chi connectivity index (χ2v) is 16.5. The molecule has 6 N–H and O–H groups in total. The molecule has 0 amide bonds. The Hall–Kier alpha value is -2.19. The molecule has 0 spiro atoms. The third-order valence-corrected chi connectivity index (χ3v) is 10.4. The molecule has 59 heavy (non-hydrogen) atoms. The van der Waals surface area contributed by atoms with Gasteiger partial charge in [0, 0.05) is 12.8 Å². The van der Waals surface area contributed by atoms with Crippen molar-refractivity contribution in [2.45, 2.75) is 198 Å². The number of hydrogen-bond acceptors (Lipinski definition) is 12. The number of phosphoric ester groups is 1. The molecule has 0 rings (SSSR count). The Morgan fingerprint density at radius 3 is 1.31 bits per heavy atom. The first kappa shape index (κ1) is 56.8. The summed E-state index contributed by atoms with van der Waals surface area (Å²) in [7, 11) is -4.91. The molecular formula is C45H81O13P. The molecule has 13 nitrogen and oxygen atoms in total. The van der Waals surface area contributed by atoms with Crippen LogP contribution in [-0.2, 0) is 32.7 Å². The summed E-state index contributed by atoms with van der Waals surface area (Å²) in [6.45, 7) is 1.41. The highest BCUT2D eigenvalue weighted by molar-refractivity contribution is 7.47. The number of carbonyl (C=O) groups is 2. The Morgan fingerprint density at radius 2 is 0.881 bits per heavy atom. The van der Waals surface area contributed by atoms with Gasteiger partial charge >= 0.3 is 19.8 Å². The highest BCUT2D eigenvalue weighted by Crippen LogP contribution is 2.43. The van der Waals surface area contributed by atoms with Crippen molar-refractivity contribution in [1.82, 2.24) is 0 Å². The van der Waals surface area contributed by atoms with Gasteiger partial charge in [0.1, 0.15) is 31.0 Å². The van der Waals surface area contributed by atoms with Crippen molar-refractivity contribution in [1.29, 1.82) is 0 Å². The Labute approximate surface area is 355 Å². The standard InChI is InChI=1S/C45H81O13P/c1-3-5-7-9-11-13-15-17-19-21-23-25-27-29-31-33-42(49)55-36-39(37-56-59(53,54)57-38-41(48)45(52)44(51)40(47)35-46)58-43(50)34-32-30-28-26-24-22-20-18-16-14-12-10-8-6-4-2/h13-16,25-28,39-41,44-48,51-52H,3-12,17-24,29-38H2,1-2H3,(H,53,54)/b15-13?,16-14-,27-25?,28-26-/t39-,40-,41-,44-,45-/m1/s1. The second kappa shape index (κ2) is 39.9. The van der Waals surface area contributed by atoms with E-state index in [1.54, 1.807) is 0 Å². The topological polar surface area (TPSA) is 210 Å². The summed E-state index contributed by atoms with van der Waals surface area (Å²) in [5.41, 5.74) is 0. The molecule has 0 radical (unpaired) electrons. The molecule has 0 bridgehead atoms. The van der Waals surface area contributed by atoms with Crippen LogP contribution in [0.25, 0.3) is 0 Å². The van der Waals surface area contributed by atoms with Crippen molar-refractivity contribution < 1.29 is 63.1 Å². The lowest BCUT2D eigenvalue weighted by Gasteiger charge is -2.26. The molecule has 0 aliphatic heterocycles. The lowest BCUT2D eigenvalue weighted by Crippen LogP contribution is -2.47. The van der Waals surface area contributed by atoms with Gasteiger partial charge in [0.2, 0.25) is 0 Å². The largest absolute Gasteiger partial charge is 0.472 e. The summed E-state index contributed by atoms with van der Waals surface area (Å²) < 4.78 is 32.9. The van der Waals surface area contributed by atoms with Gasteiger partial charge in [-0.25, -0.2) is 4.57 Å². The second-order valence-electron chi connectivity index (χ2n) is 15.1. The molecular weight excluding hydrogens is 779 g/mol. The van der Waals surface area contributed by atoms with Gasteiger partial charge in [0.25, 0.3) is 0 Å². The SMILES string of the molecule is CCCCCCC=CCCCCC=CCCCC(=O)OC[C@H](COP(=O)(O)OC[C@@H](O)[C@@H](O)[C@H](O)[C@H](O)CO)OC(=O)CCC/C=C\CCCC/C=C\CCCCCC. The average molecular weight is 861 g/mol. The van der Waals surface area contributed by atoms with Crippen molar-refractivity contribution in [3.05, 3.63) is 48.6 Å². The maximum Gasteiger partial charge on any atom is 0.472 e. The van der Waals surface area contributed by atoms with Gasteiger partial charge in [0.05, 0.1) is 19.8 Å². The normalized spacial score (nSPS) is 15.9. The number of ether oxygens (including phenoxy) is 2. The minimum atomic E-state index is -4.91. The van der Waals surface area contributed by atoms with Crippen LogP contribution in [0.1, 0.15) is 168 Å². The molecule has 0 saturated carbocycles. The Morgan fingerprint density at radius 1 is 0.508 bits per heavy atom. The number of carbonyl (C=O) groups excluding carboxylic acids is 2. The van der Waals surface area contributed by atoms with E-state index < -0.39 is 76.7 Å². The summed E-state index contributed by atoms with van der Waals surface area (Å²) >= 11 is 0. The minimum Gasteiger partial charge on any atom is -0.462 e. The molecule has 344 valence electrons. The number of aliphatic hydroxyl groups is 5. The first-order valence-corrected chi connectivity index (χ1v) is 23.9. The highest BCUT2D eigenvalue weighted by atomic mass is 31.2. The van der Waals surface area contributed by atoms with Crippen molar-refractivity contribution in [3.63, 3.8) is 0 Å². The van der Waals surface area contributed by atoms with Crippen LogP contribution in [0.15, 0.2) is 48.6 Å². The van der Waals surface area contributed by atoms with Crippen LogP contribution in [0.5, 0.6) is 0 Å². The van der Waals surface area contributed by atoms with Gasteiger partial charge in [0.15, 0.2) is 6.10 Å². The monoisotopic (exact) mass is 861 g/mol. The fourth-order valence-electron chi connectivity index (χ4n) is 5.76. The molecule has 0 aliphatic rings. The van der Waals surface area contributed by atoms with Gasteiger partial charge in [-0.1, -0.05) is 101 Å². The zero-order valence-electron chi connectivity index (χ0n) is 36.3. The average Bonchev–Trinajstić information content (AvgIpc) is 3.22. The van der Waals surface area contributed by atoms with E-state index in [9.17, 15) is 39.5 Å². The Kier molecular flexibility index (Phi) is 38.4. The predicted molar refractivity (Wildman–Crippen MR) is 232 cm³/mol. The molecule has 0 aliphatic carbocycles. The summed E-state index contributed by atoms with van der Waals surface area (Å²) in [6, 6.07) is 0. The van der Waals surface area contributed by atoms with E-state index in [0.29, 0.717) is 25.7 Å². The molecule has 0 fully saturated rings. The van der Waals surface area contributed by atoms with E-state index in [2.05, 4.69) is 50.3 Å². The van der Waals surface area contributed by atoms with Crippen molar-refractivity contribution in [3.8, 4) is 0 Å². The number of esters is 2. The van der Waals surface area contributed by atoms with Gasteiger partial charge in [-0.3, -0.25) is 18.6 Å². The van der Waals surface area contributed by atoms with Crippen molar-refractivity contribution in [2.75, 3.05) is 26.4 Å². The van der Waals surface area contributed by atoms with Crippen LogP contribution in [0.3, 0.4) is 0 Å². The van der Waals surface area contributed by atoms with E-state index in [-0.39, 0.29) is 12.8 Å². The lowest BCUT2D eigenvalue weighted by atomic mass is 10.0. The number of rotatable bonds is 41. The van der Waals surface area contributed by atoms with Crippen LogP contribution < -0.4 is 0 Å². The maximum atomic E-state index is 12.7. The third kappa shape index (κ3) is 36.2. The van der Waals surface area contributed by atoms with E-state index in [0.717, 1.165) is 64.2 Å². The van der Waals surface area contributed by atoms with Gasteiger partial charge in [-0.05, 0) is 103 Å². The van der Waals surface area contributed by atoms with Crippen LogP contribution in [0, 0.1) is 0 Å². The lowest BCUT2D eigenvalue weighted by molar-refractivity contribution is -0.161.